The summed E-state index contributed by atoms with van der Waals surface area (Å²) in [7, 11) is 3.34. The number of imide groups is 1. The molecule has 1 aromatic carbocycles. The molecule has 3 fully saturated rings. The zero-order valence-electron chi connectivity index (χ0n) is 35.0. The molecule has 1 unspecified atom stereocenters. The molecule has 320 valence electrons. The Hall–Kier alpha value is -5.12. The number of methoxy groups -OCH3 is 1. The molecule has 60 heavy (non-hydrogen) atoms. The highest BCUT2D eigenvalue weighted by molar-refractivity contribution is 6.00. The van der Waals surface area contributed by atoms with E-state index >= 15 is 0 Å². The van der Waals surface area contributed by atoms with Crippen molar-refractivity contribution in [3.05, 3.63) is 70.5 Å². The largest absolute Gasteiger partial charge is 0.481 e. The van der Waals surface area contributed by atoms with Crippen molar-refractivity contribution in [1.29, 1.82) is 0 Å². The zero-order valence-corrected chi connectivity index (χ0v) is 35.0. The van der Waals surface area contributed by atoms with Crippen molar-refractivity contribution in [3.8, 4) is 5.88 Å². The van der Waals surface area contributed by atoms with Gasteiger partial charge in [-0.15, -0.1) is 0 Å². The molecule has 2 amide bonds. The van der Waals surface area contributed by atoms with Crippen LogP contribution < -0.4 is 21.1 Å². The molecule has 15 nitrogen and oxygen atoms in total. The van der Waals surface area contributed by atoms with E-state index in [-0.39, 0.29) is 24.1 Å². The number of aromatic nitrogens is 6. The third kappa shape index (κ3) is 9.43. The SMILES string of the molecule is COc1cc(Nc2ncc3c(C4CCN(CCCCOCCCCCc5ccc6c(c5)n(C)c(=O)n6C5CCC(=O)NC5=O)CC4)cn(C4CCC(O)CC4)c3n2)ccn1. The number of imidazole rings is 1. The van der Waals surface area contributed by atoms with E-state index in [0.717, 1.165) is 143 Å². The summed E-state index contributed by atoms with van der Waals surface area (Å²) in [6, 6.07) is 9.37. The van der Waals surface area contributed by atoms with E-state index in [9.17, 15) is 19.5 Å². The van der Waals surface area contributed by atoms with Gasteiger partial charge in [-0.05, 0) is 132 Å². The molecule has 1 saturated carbocycles. The average Bonchev–Trinajstić information content (AvgIpc) is 3.75. The summed E-state index contributed by atoms with van der Waals surface area (Å²) in [6.45, 7) is 4.80. The summed E-state index contributed by atoms with van der Waals surface area (Å²) in [5.41, 5.74) is 5.57. The average molecular weight is 822 g/mol. The molecule has 8 rings (SSSR count). The molecule has 2 aliphatic heterocycles. The topological polar surface area (TPSA) is 171 Å². The number of fused-ring (bicyclic) bond motifs is 2. The highest BCUT2D eigenvalue weighted by Gasteiger charge is 2.32. The fourth-order valence-corrected chi connectivity index (χ4v) is 9.40. The van der Waals surface area contributed by atoms with Crippen LogP contribution in [0.5, 0.6) is 5.88 Å². The predicted octanol–water partition coefficient (Wildman–Crippen LogP) is 6.07. The first kappa shape index (κ1) is 41.6. The van der Waals surface area contributed by atoms with Crippen LogP contribution in [0.2, 0.25) is 0 Å². The normalized spacial score (nSPS) is 20.6. The molecular weight excluding hydrogens is 763 g/mol. The standard InChI is InChI=1S/C45H59N9O6/c1-51-39-26-30(9-14-37(39)54(45(51)58)38-15-16-40(56)49-43(38)57)8-4-3-6-24-60-25-7-5-21-52-22-18-31(19-23-52)36-29-53(33-10-12-34(55)13-11-33)42-35(36)28-47-44(50-42)48-32-17-20-46-41(27-32)59-2/h9,14,17,20,26-29,31,33-34,38,55H,3-8,10-13,15-16,18-19,21-25H2,1-2H3,(H,49,56,57)(H,46,47,48,50). The van der Waals surface area contributed by atoms with E-state index in [1.54, 1.807) is 24.9 Å². The Morgan fingerprint density at radius 1 is 0.900 bits per heavy atom. The summed E-state index contributed by atoms with van der Waals surface area (Å²) in [5, 5.41) is 17.1. The first-order chi connectivity index (χ1) is 29.2. The molecule has 6 heterocycles. The third-order valence-corrected chi connectivity index (χ3v) is 12.8. The lowest BCUT2D eigenvalue weighted by atomic mass is 9.89. The molecule has 5 aromatic rings. The number of nitrogens with zero attached hydrogens (tertiary/aromatic N) is 7. The quantitative estimate of drug-likeness (QED) is 0.0735. The van der Waals surface area contributed by atoms with Gasteiger partial charge in [-0.3, -0.25) is 24.0 Å². The van der Waals surface area contributed by atoms with Gasteiger partial charge in [-0.1, -0.05) is 12.5 Å². The van der Waals surface area contributed by atoms with Crippen molar-refractivity contribution in [1.82, 2.24) is 38.9 Å². The number of carbonyl (C=O) groups is 2. The van der Waals surface area contributed by atoms with Crippen molar-refractivity contribution in [2.24, 2.45) is 7.05 Å². The second-order valence-electron chi connectivity index (χ2n) is 16.8. The van der Waals surface area contributed by atoms with Crippen LogP contribution in [0.25, 0.3) is 22.1 Å². The second-order valence-corrected chi connectivity index (χ2v) is 16.8. The maximum absolute atomic E-state index is 13.1. The van der Waals surface area contributed by atoms with Crippen LogP contribution in [-0.4, -0.2) is 96.5 Å². The molecule has 3 aliphatic rings. The second kappa shape index (κ2) is 19.1. The van der Waals surface area contributed by atoms with E-state index in [1.807, 2.05) is 36.5 Å². The molecular formula is C45H59N9O6. The minimum atomic E-state index is -0.668. The molecule has 3 N–H and O–H groups in total. The van der Waals surface area contributed by atoms with Gasteiger partial charge in [0, 0.05) is 68.5 Å². The maximum atomic E-state index is 13.1. The van der Waals surface area contributed by atoms with Crippen molar-refractivity contribution in [3.63, 3.8) is 0 Å². The van der Waals surface area contributed by atoms with Crippen LogP contribution in [0.15, 0.2) is 53.7 Å². The highest BCUT2D eigenvalue weighted by Crippen LogP contribution is 2.38. The minimum Gasteiger partial charge on any atom is -0.481 e. The van der Waals surface area contributed by atoms with Gasteiger partial charge in [0.05, 0.1) is 24.2 Å². The van der Waals surface area contributed by atoms with Gasteiger partial charge in [0.2, 0.25) is 23.6 Å². The predicted molar refractivity (Wildman–Crippen MR) is 230 cm³/mol. The number of hydrogen-bond acceptors (Lipinski definition) is 11. The van der Waals surface area contributed by atoms with E-state index in [1.165, 1.54) is 10.1 Å². The number of aliphatic hydroxyl groups is 1. The Kier molecular flexibility index (Phi) is 13.2. The van der Waals surface area contributed by atoms with Crippen LogP contribution in [0.3, 0.4) is 0 Å². The Morgan fingerprint density at radius 2 is 1.70 bits per heavy atom. The first-order valence-electron chi connectivity index (χ1n) is 21.9. The summed E-state index contributed by atoms with van der Waals surface area (Å²) in [4.78, 5) is 53.8. The maximum Gasteiger partial charge on any atom is 0.329 e. The molecule has 1 aliphatic carbocycles. The van der Waals surface area contributed by atoms with Gasteiger partial charge in [0.1, 0.15) is 11.7 Å². The lowest BCUT2D eigenvalue weighted by Crippen LogP contribution is -2.44. The van der Waals surface area contributed by atoms with Crippen molar-refractivity contribution >= 4 is 45.5 Å². The molecule has 2 saturated heterocycles. The fourth-order valence-electron chi connectivity index (χ4n) is 9.40. The van der Waals surface area contributed by atoms with Crippen LogP contribution >= 0.6 is 0 Å². The molecule has 1 atom stereocenters. The number of likely N-dealkylation sites (tertiary alicyclic amines) is 1. The number of benzene rings is 1. The van der Waals surface area contributed by atoms with Gasteiger partial charge < -0.3 is 29.4 Å². The summed E-state index contributed by atoms with van der Waals surface area (Å²) >= 11 is 0. The van der Waals surface area contributed by atoms with E-state index in [4.69, 9.17) is 19.4 Å². The summed E-state index contributed by atoms with van der Waals surface area (Å²) in [6.07, 6.45) is 18.3. The number of amides is 2. The van der Waals surface area contributed by atoms with Crippen LogP contribution in [-0.2, 0) is 27.8 Å². The number of unbranched alkanes of at least 4 members (excludes halogenated alkanes) is 3. The number of piperidine rings is 2. The fraction of sp³-hybridized carbons (Fsp3) is 0.556. The number of aryl methyl sites for hydroxylation is 2. The number of pyridine rings is 1. The monoisotopic (exact) mass is 821 g/mol. The first-order valence-corrected chi connectivity index (χ1v) is 21.9. The van der Waals surface area contributed by atoms with Gasteiger partial charge in [-0.2, -0.15) is 4.98 Å². The van der Waals surface area contributed by atoms with E-state index < -0.39 is 11.9 Å². The molecule has 0 bridgehead atoms. The van der Waals surface area contributed by atoms with Crippen LogP contribution in [0.1, 0.15) is 113 Å². The lowest BCUT2D eigenvalue weighted by Gasteiger charge is -2.32. The van der Waals surface area contributed by atoms with Gasteiger partial charge in [0.15, 0.2) is 0 Å². The van der Waals surface area contributed by atoms with Gasteiger partial charge in [0.25, 0.3) is 0 Å². The van der Waals surface area contributed by atoms with Crippen LogP contribution in [0.4, 0.5) is 11.6 Å². The molecule has 0 radical (unpaired) electrons. The Morgan fingerprint density at radius 3 is 2.48 bits per heavy atom. The molecule has 0 spiro atoms. The molecule has 4 aromatic heterocycles. The minimum absolute atomic E-state index is 0.213. The highest BCUT2D eigenvalue weighted by atomic mass is 16.5. The number of hydrogen-bond donors (Lipinski definition) is 3. The Balaban J connectivity index is 0.753. The van der Waals surface area contributed by atoms with E-state index in [0.29, 0.717) is 30.2 Å². The number of ether oxygens (including phenoxy) is 2. The Bertz CT molecular complexity index is 2340. The van der Waals surface area contributed by atoms with E-state index in [2.05, 4.69) is 31.3 Å². The van der Waals surface area contributed by atoms with Gasteiger partial charge in [-0.25, -0.2) is 14.8 Å². The number of nitrogens with one attached hydrogen (secondary N) is 2. The Labute approximate surface area is 350 Å². The van der Waals surface area contributed by atoms with Crippen molar-refractivity contribution in [2.45, 2.75) is 114 Å². The van der Waals surface area contributed by atoms with Gasteiger partial charge >= 0.3 is 5.69 Å². The smallest absolute Gasteiger partial charge is 0.329 e. The lowest BCUT2D eigenvalue weighted by molar-refractivity contribution is -0.135. The zero-order chi connectivity index (χ0) is 41.6. The van der Waals surface area contributed by atoms with Crippen LogP contribution in [0, 0.1) is 0 Å². The molecule has 15 heteroatoms. The number of anilines is 2. The summed E-state index contributed by atoms with van der Waals surface area (Å²) in [5.74, 6) is 0.821. The van der Waals surface area contributed by atoms with Crippen molar-refractivity contribution < 1.29 is 24.2 Å². The summed E-state index contributed by atoms with van der Waals surface area (Å²) < 4.78 is 16.8. The van der Waals surface area contributed by atoms with Crippen molar-refractivity contribution in [2.75, 3.05) is 45.3 Å². The number of rotatable bonds is 17. The number of carbonyl (C=O) groups excluding carboxylic acids is 2. The number of aliphatic hydroxyl groups excluding tert-OH is 1. The third-order valence-electron chi connectivity index (χ3n) is 12.8.